The zero-order valence-electron chi connectivity index (χ0n) is 45.0. The predicted octanol–water partition coefficient (Wildman–Crippen LogP) is 19.9. The molecule has 0 aromatic rings. The highest BCUT2D eigenvalue weighted by atomic mass is 16.6. The molecule has 0 spiro atoms. The van der Waals surface area contributed by atoms with Gasteiger partial charge in [-0.05, 0) is 19.3 Å². The summed E-state index contributed by atoms with van der Waals surface area (Å²) in [6.45, 7) is 6.72. The SMILES string of the molecule is CCCCCCCCCCCCCCCCCCCCC(=O)OCC(COC(=O)CCCCCCCCCCCCCCCC)OC(=O)CCCCCCCCCCCCCCCCCC. The average Bonchev–Trinajstić information content (AvgIpc) is 3.31. The Hall–Kier alpha value is -1.59. The third-order valence-corrected chi connectivity index (χ3v) is 13.9. The van der Waals surface area contributed by atoms with E-state index in [4.69, 9.17) is 14.2 Å². The van der Waals surface area contributed by atoms with Crippen LogP contribution in [0, 0.1) is 0 Å². The molecule has 0 heterocycles. The van der Waals surface area contributed by atoms with Crippen LogP contribution in [-0.2, 0) is 28.6 Å². The Morgan fingerprint density at radius 1 is 0.242 bits per heavy atom. The van der Waals surface area contributed by atoms with Gasteiger partial charge < -0.3 is 14.2 Å². The van der Waals surface area contributed by atoms with Gasteiger partial charge in [0.25, 0.3) is 0 Å². The maximum Gasteiger partial charge on any atom is 0.306 e. The first-order chi connectivity index (χ1) is 32.5. The van der Waals surface area contributed by atoms with Crippen LogP contribution in [-0.4, -0.2) is 37.2 Å². The molecule has 0 saturated carbocycles. The van der Waals surface area contributed by atoms with E-state index >= 15 is 0 Å². The van der Waals surface area contributed by atoms with Crippen molar-refractivity contribution in [3.05, 3.63) is 0 Å². The summed E-state index contributed by atoms with van der Waals surface area (Å²) in [5.41, 5.74) is 0. The van der Waals surface area contributed by atoms with Crippen LogP contribution in [0.1, 0.15) is 348 Å². The number of unbranched alkanes of at least 4 members (excludes halogenated alkanes) is 45. The third kappa shape index (κ3) is 53.4. The van der Waals surface area contributed by atoms with Crippen molar-refractivity contribution in [3.8, 4) is 0 Å². The quantitative estimate of drug-likeness (QED) is 0.0343. The molecule has 0 aliphatic rings. The highest BCUT2D eigenvalue weighted by molar-refractivity contribution is 5.71. The molecule has 0 aliphatic carbocycles. The second-order valence-electron chi connectivity index (χ2n) is 20.6. The van der Waals surface area contributed by atoms with Crippen molar-refractivity contribution in [3.63, 3.8) is 0 Å². The highest BCUT2D eigenvalue weighted by Crippen LogP contribution is 2.18. The maximum atomic E-state index is 12.9. The molecule has 6 heteroatoms. The highest BCUT2D eigenvalue weighted by Gasteiger charge is 2.19. The molecule has 392 valence electrons. The number of esters is 3. The molecule has 0 bridgehead atoms. The van der Waals surface area contributed by atoms with Crippen LogP contribution in [0.15, 0.2) is 0 Å². The van der Waals surface area contributed by atoms with E-state index in [0.717, 1.165) is 57.8 Å². The fourth-order valence-corrected chi connectivity index (χ4v) is 9.33. The van der Waals surface area contributed by atoms with Crippen molar-refractivity contribution in [1.82, 2.24) is 0 Å². The van der Waals surface area contributed by atoms with Crippen LogP contribution in [0.3, 0.4) is 0 Å². The molecule has 66 heavy (non-hydrogen) atoms. The van der Waals surface area contributed by atoms with Crippen molar-refractivity contribution in [1.29, 1.82) is 0 Å². The molecular formula is C60H116O6. The Bertz CT molecular complexity index is 982. The van der Waals surface area contributed by atoms with E-state index in [2.05, 4.69) is 20.8 Å². The van der Waals surface area contributed by atoms with E-state index in [-0.39, 0.29) is 31.1 Å². The summed E-state index contributed by atoms with van der Waals surface area (Å²) in [6.07, 6.45) is 62.4. The van der Waals surface area contributed by atoms with Crippen LogP contribution < -0.4 is 0 Å². The number of carbonyl (C=O) groups is 3. The second-order valence-corrected chi connectivity index (χ2v) is 20.6. The summed E-state index contributed by atoms with van der Waals surface area (Å²) < 4.78 is 16.9. The van der Waals surface area contributed by atoms with Gasteiger partial charge in [0.05, 0.1) is 0 Å². The first-order valence-corrected chi connectivity index (χ1v) is 30.0. The summed E-state index contributed by atoms with van der Waals surface area (Å²) in [6, 6.07) is 0. The summed E-state index contributed by atoms with van der Waals surface area (Å²) in [5.74, 6) is -0.829. The smallest absolute Gasteiger partial charge is 0.306 e. The fourth-order valence-electron chi connectivity index (χ4n) is 9.33. The van der Waals surface area contributed by atoms with Gasteiger partial charge in [-0.2, -0.15) is 0 Å². The molecule has 0 saturated heterocycles. The standard InChI is InChI=1S/C60H116O6/c1-4-7-10-13-16-19-22-25-28-30-31-33-35-38-41-44-47-50-53-59(62)65-56-57(55-64-58(61)52-49-46-43-40-37-34-27-24-21-18-15-12-9-6-3)66-60(63)54-51-48-45-42-39-36-32-29-26-23-20-17-14-11-8-5-2/h57H,4-56H2,1-3H3. The molecule has 0 aromatic carbocycles. The van der Waals surface area contributed by atoms with Crippen LogP contribution >= 0.6 is 0 Å². The van der Waals surface area contributed by atoms with E-state index in [1.807, 2.05) is 0 Å². The van der Waals surface area contributed by atoms with Gasteiger partial charge in [0.1, 0.15) is 13.2 Å². The largest absolute Gasteiger partial charge is 0.462 e. The Morgan fingerprint density at radius 2 is 0.409 bits per heavy atom. The Morgan fingerprint density at radius 3 is 0.606 bits per heavy atom. The first kappa shape index (κ1) is 64.4. The normalized spacial score (nSPS) is 11.9. The molecule has 0 rings (SSSR count). The topological polar surface area (TPSA) is 78.9 Å². The summed E-state index contributed by atoms with van der Waals surface area (Å²) in [5, 5.41) is 0. The molecule has 6 nitrogen and oxygen atoms in total. The zero-order valence-corrected chi connectivity index (χ0v) is 45.0. The van der Waals surface area contributed by atoms with E-state index in [9.17, 15) is 14.4 Å². The lowest BCUT2D eigenvalue weighted by Gasteiger charge is -2.18. The van der Waals surface area contributed by atoms with Gasteiger partial charge >= 0.3 is 17.9 Å². The van der Waals surface area contributed by atoms with Crippen molar-refractivity contribution in [2.75, 3.05) is 13.2 Å². The fraction of sp³-hybridized carbons (Fsp3) is 0.950. The summed E-state index contributed by atoms with van der Waals surface area (Å²) in [4.78, 5) is 38.2. The minimum absolute atomic E-state index is 0.0608. The van der Waals surface area contributed by atoms with Crippen LogP contribution in [0.4, 0.5) is 0 Å². The molecular weight excluding hydrogens is 817 g/mol. The van der Waals surface area contributed by atoms with Gasteiger partial charge in [-0.25, -0.2) is 0 Å². The number of ether oxygens (including phenoxy) is 3. The molecule has 0 fully saturated rings. The van der Waals surface area contributed by atoms with Gasteiger partial charge in [-0.15, -0.1) is 0 Å². The Kier molecular flexibility index (Phi) is 54.7. The second kappa shape index (κ2) is 56.0. The van der Waals surface area contributed by atoms with Crippen molar-refractivity contribution in [2.24, 2.45) is 0 Å². The third-order valence-electron chi connectivity index (χ3n) is 13.9. The van der Waals surface area contributed by atoms with Gasteiger partial charge in [-0.1, -0.05) is 310 Å². The lowest BCUT2D eigenvalue weighted by Crippen LogP contribution is -2.30. The van der Waals surface area contributed by atoms with Crippen molar-refractivity contribution >= 4 is 17.9 Å². The van der Waals surface area contributed by atoms with Crippen LogP contribution in [0.2, 0.25) is 0 Å². The van der Waals surface area contributed by atoms with Crippen LogP contribution in [0.5, 0.6) is 0 Å². The molecule has 0 radical (unpaired) electrons. The van der Waals surface area contributed by atoms with Gasteiger partial charge in [0, 0.05) is 19.3 Å². The van der Waals surface area contributed by atoms with Gasteiger partial charge in [-0.3, -0.25) is 14.4 Å². The molecule has 0 aliphatic heterocycles. The van der Waals surface area contributed by atoms with Gasteiger partial charge in [0.15, 0.2) is 6.10 Å². The molecule has 0 amide bonds. The lowest BCUT2D eigenvalue weighted by molar-refractivity contribution is -0.167. The van der Waals surface area contributed by atoms with Crippen molar-refractivity contribution in [2.45, 2.75) is 354 Å². The molecule has 0 aromatic heterocycles. The molecule has 0 N–H and O–H groups in total. The molecule has 1 atom stereocenters. The number of hydrogen-bond donors (Lipinski definition) is 0. The van der Waals surface area contributed by atoms with E-state index < -0.39 is 6.10 Å². The maximum absolute atomic E-state index is 12.9. The lowest BCUT2D eigenvalue weighted by atomic mass is 10.0. The first-order valence-electron chi connectivity index (χ1n) is 30.0. The summed E-state index contributed by atoms with van der Waals surface area (Å²) in [7, 11) is 0. The van der Waals surface area contributed by atoms with Crippen molar-refractivity contribution < 1.29 is 28.6 Å². The predicted molar refractivity (Wildman–Crippen MR) is 284 cm³/mol. The minimum Gasteiger partial charge on any atom is -0.462 e. The zero-order chi connectivity index (χ0) is 47.9. The Balaban J connectivity index is 4.28. The number of rotatable bonds is 56. The van der Waals surface area contributed by atoms with Gasteiger partial charge in [0.2, 0.25) is 0 Å². The average molecular weight is 934 g/mol. The van der Waals surface area contributed by atoms with E-state index in [0.29, 0.717) is 19.3 Å². The number of hydrogen-bond acceptors (Lipinski definition) is 6. The van der Waals surface area contributed by atoms with E-state index in [1.165, 1.54) is 250 Å². The monoisotopic (exact) mass is 933 g/mol. The van der Waals surface area contributed by atoms with E-state index in [1.54, 1.807) is 0 Å². The Labute approximate surface area is 412 Å². The molecule has 1 unspecified atom stereocenters. The summed E-state index contributed by atoms with van der Waals surface area (Å²) >= 11 is 0. The van der Waals surface area contributed by atoms with Crippen LogP contribution in [0.25, 0.3) is 0 Å². The number of carbonyl (C=O) groups excluding carboxylic acids is 3. The minimum atomic E-state index is -0.761.